The molecule has 3 rings (SSSR count). The quantitative estimate of drug-likeness (QED) is 0.944. The number of likely N-dealkylation sites (tertiary alicyclic amines) is 1. The Balaban J connectivity index is 1.55. The van der Waals surface area contributed by atoms with Crippen molar-refractivity contribution >= 4 is 6.03 Å². The van der Waals surface area contributed by atoms with Gasteiger partial charge in [0.1, 0.15) is 11.5 Å². The molecule has 1 aliphatic heterocycles. The molecule has 1 N–H and O–H groups in total. The molecule has 1 aliphatic rings. The summed E-state index contributed by atoms with van der Waals surface area (Å²) in [5, 5.41) is 7.07. The minimum atomic E-state index is -0.0147. The summed E-state index contributed by atoms with van der Waals surface area (Å²) in [5.74, 6) is 0.784. The average molecular weight is 299 g/mol. The molecule has 5 nitrogen and oxygen atoms in total. The van der Waals surface area contributed by atoms with E-state index in [4.69, 9.17) is 4.52 Å². The molecule has 5 heteroatoms. The zero-order valence-electron chi connectivity index (χ0n) is 12.8. The number of urea groups is 1. The lowest BCUT2D eigenvalue weighted by molar-refractivity contribution is 0.191. The number of benzene rings is 1. The fourth-order valence-electron chi connectivity index (χ4n) is 2.92. The molecule has 1 unspecified atom stereocenters. The van der Waals surface area contributed by atoms with Crippen LogP contribution in [0.3, 0.4) is 0 Å². The van der Waals surface area contributed by atoms with Crippen LogP contribution in [0.2, 0.25) is 0 Å². The van der Waals surface area contributed by atoms with Crippen molar-refractivity contribution in [3.8, 4) is 0 Å². The van der Waals surface area contributed by atoms with Crippen LogP contribution >= 0.6 is 0 Å². The predicted molar refractivity (Wildman–Crippen MR) is 83.5 cm³/mol. The Morgan fingerprint density at radius 2 is 2.23 bits per heavy atom. The van der Waals surface area contributed by atoms with Crippen LogP contribution in [0.4, 0.5) is 4.79 Å². The Bertz CT molecular complexity index is 624. The van der Waals surface area contributed by atoms with Gasteiger partial charge in [-0.2, -0.15) is 0 Å². The Hall–Kier alpha value is -2.30. The highest BCUT2D eigenvalue weighted by molar-refractivity contribution is 5.75. The van der Waals surface area contributed by atoms with Crippen molar-refractivity contribution < 1.29 is 9.32 Å². The molecule has 1 saturated heterocycles. The minimum Gasteiger partial charge on any atom is -0.361 e. The SMILES string of the molecule is Cc1cc(C2CCCN2C(=O)NCCc2ccccc2)no1. The van der Waals surface area contributed by atoms with Gasteiger partial charge in [-0.3, -0.25) is 0 Å². The second-order valence-corrected chi connectivity index (χ2v) is 5.68. The molecule has 2 amide bonds. The fraction of sp³-hybridized carbons (Fsp3) is 0.412. The van der Waals surface area contributed by atoms with Gasteiger partial charge in [-0.15, -0.1) is 0 Å². The second-order valence-electron chi connectivity index (χ2n) is 5.68. The highest BCUT2D eigenvalue weighted by Crippen LogP contribution is 2.31. The lowest BCUT2D eigenvalue weighted by atomic mass is 10.1. The fourth-order valence-corrected chi connectivity index (χ4v) is 2.92. The number of hydrogen-bond donors (Lipinski definition) is 1. The molecule has 2 aromatic rings. The predicted octanol–water partition coefficient (Wildman–Crippen LogP) is 3.07. The van der Waals surface area contributed by atoms with E-state index in [0.717, 1.165) is 37.3 Å². The first-order valence-corrected chi connectivity index (χ1v) is 7.75. The van der Waals surface area contributed by atoms with Crippen LogP contribution in [0.1, 0.15) is 35.9 Å². The molecule has 0 saturated carbocycles. The number of aryl methyl sites for hydroxylation is 1. The van der Waals surface area contributed by atoms with E-state index in [2.05, 4.69) is 22.6 Å². The number of nitrogens with zero attached hydrogens (tertiary/aromatic N) is 2. The molecule has 0 bridgehead atoms. The summed E-state index contributed by atoms with van der Waals surface area (Å²) in [4.78, 5) is 14.2. The maximum atomic E-state index is 12.4. The number of nitrogens with one attached hydrogen (secondary N) is 1. The van der Waals surface area contributed by atoms with Gasteiger partial charge in [0.05, 0.1) is 6.04 Å². The van der Waals surface area contributed by atoms with Crippen LogP contribution in [0.5, 0.6) is 0 Å². The van der Waals surface area contributed by atoms with Crippen LogP contribution < -0.4 is 5.32 Å². The topological polar surface area (TPSA) is 58.4 Å². The smallest absolute Gasteiger partial charge is 0.317 e. The summed E-state index contributed by atoms with van der Waals surface area (Å²) in [5.41, 5.74) is 2.08. The van der Waals surface area contributed by atoms with Crippen molar-refractivity contribution in [1.29, 1.82) is 0 Å². The molecular formula is C17H21N3O2. The first-order valence-electron chi connectivity index (χ1n) is 7.75. The number of rotatable bonds is 4. The van der Waals surface area contributed by atoms with Crippen molar-refractivity contribution in [2.75, 3.05) is 13.1 Å². The zero-order valence-corrected chi connectivity index (χ0v) is 12.8. The van der Waals surface area contributed by atoms with Crippen molar-refractivity contribution in [3.63, 3.8) is 0 Å². The third kappa shape index (κ3) is 3.30. The summed E-state index contributed by atoms with van der Waals surface area (Å²) in [6.45, 7) is 3.29. The van der Waals surface area contributed by atoms with Crippen LogP contribution in [0.15, 0.2) is 40.9 Å². The summed E-state index contributed by atoms with van der Waals surface area (Å²) < 4.78 is 5.14. The standard InChI is InChI=1S/C17H21N3O2/c1-13-12-15(19-22-13)16-8-5-11-20(16)17(21)18-10-9-14-6-3-2-4-7-14/h2-4,6-7,12,16H,5,8-11H2,1H3,(H,18,21). The van der Waals surface area contributed by atoms with Crippen LogP contribution in [0, 0.1) is 6.92 Å². The number of amides is 2. The van der Waals surface area contributed by atoms with Crippen LogP contribution in [-0.2, 0) is 6.42 Å². The maximum Gasteiger partial charge on any atom is 0.317 e. The van der Waals surface area contributed by atoms with Gasteiger partial charge < -0.3 is 14.7 Å². The van der Waals surface area contributed by atoms with Gasteiger partial charge in [0.15, 0.2) is 0 Å². The van der Waals surface area contributed by atoms with Crippen molar-refractivity contribution in [1.82, 2.24) is 15.4 Å². The van der Waals surface area contributed by atoms with Gasteiger partial charge in [0.25, 0.3) is 0 Å². The van der Waals surface area contributed by atoms with Gasteiger partial charge in [-0.25, -0.2) is 4.79 Å². The van der Waals surface area contributed by atoms with Crippen molar-refractivity contribution in [3.05, 3.63) is 53.4 Å². The second kappa shape index (κ2) is 6.64. The first kappa shape index (κ1) is 14.6. The van der Waals surface area contributed by atoms with Gasteiger partial charge in [-0.1, -0.05) is 35.5 Å². The summed E-state index contributed by atoms with van der Waals surface area (Å²) >= 11 is 0. The number of aromatic nitrogens is 1. The largest absolute Gasteiger partial charge is 0.361 e. The van der Waals surface area contributed by atoms with Crippen LogP contribution in [-0.4, -0.2) is 29.2 Å². The van der Waals surface area contributed by atoms with Crippen molar-refractivity contribution in [2.45, 2.75) is 32.2 Å². The Morgan fingerprint density at radius 3 is 2.95 bits per heavy atom. The molecule has 1 aromatic heterocycles. The van der Waals surface area contributed by atoms with E-state index in [9.17, 15) is 4.79 Å². The van der Waals surface area contributed by atoms with E-state index in [1.54, 1.807) is 0 Å². The monoisotopic (exact) mass is 299 g/mol. The van der Waals surface area contributed by atoms with E-state index in [0.29, 0.717) is 6.54 Å². The van der Waals surface area contributed by atoms with E-state index in [1.807, 2.05) is 36.1 Å². The maximum absolute atomic E-state index is 12.4. The molecule has 22 heavy (non-hydrogen) atoms. The third-order valence-electron chi connectivity index (χ3n) is 4.03. The molecule has 1 atom stereocenters. The lowest BCUT2D eigenvalue weighted by Gasteiger charge is -2.23. The average Bonchev–Trinajstić information content (AvgIpc) is 3.16. The van der Waals surface area contributed by atoms with Gasteiger partial charge in [0.2, 0.25) is 0 Å². The Morgan fingerprint density at radius 1 is 1.41 bits per heavy atom. The van der Waals surface area contributed by atoms with Gasteiger partial charge >= 0.3 is 6.03 Å². The molecule has 0 radical (unpaired) electrons. The molecule has 1 aromatic carbocycles. The number of carbonyl (C=O) groups excluding carboxylic acids is 1. The molecule has 1 fully saturated rings. The molecule has 116 valence electrons. The van der Waals surface area contributed by atoms with Crippen LogP contribution in [0.25, 0.3) is 0 Å². The molecular weight excluding hydrogens is 278 g/mol. The zero-order chi connectivity index (χ0) is 15.4. The van der Waals surface area contributed by atoms with Gasteiger partial charge in [0, 0.05) is 19.2 Å². The summed E-state index contributed by atoms with van der Waals surface area (Å²) in [6.07, 6.45) is 2.79. The summed E-state index contributed by atoms with van der Waals surface area (Å²) in [7, 11) is 0. The number of carbonyl (C=O) groups is 1. The third-order valence-corrected chi connectivity index (χ3v) is 4.03. The Kier molecular flexibility index (Phi) is 4.42. The molecule has 2 heterocycles. The van der Waals surface area contributed by atoms with Crippen molar-refractivity contribution in [2.24, 2.45) is 0 Å². The van der Waals surface area contributed by atoms with E-state index in [1.165, 1.54) is 5.56 Å². The molecule has 0 spiro atoms. The normalized spacial score (nSPS) is 17.7. The lowest BCUT2D eigenvalue weighted by Crippen LogP contribution is -2.40. The highest BCUT2D eigenvalue weighted by atomic mass is 16.5. The van der Waals surface area contributed by atoms with E-state index >= 15 is 0 Å². The Labute approximate surface area is 130 Å². The molecule has 0 aliphatic carbocycles. The first-order chi connectivity index (χ1) is 10.7. The number of hydrogen-bond acceptors (Lipinski definition) is 3. The minimum absolute atomic E-state index is 0.0147. The van der Waals surface area contributed by atoms with E-state index < -0.39 is 0 Å². The van der Waals surface area contributed by atoms with E-state index in [-0.39, 0.29) is 12.1 Å². The summed E-state index contributed by atoms with van der Waals surface area (Å²) in [6, 6.07) is 12.1. The van der Waals surface area contributed by atoms with Gasteiger partial charge in [-0.05, 0) is 31.7 Å². The highest BCUT2D eigenvalue weighted by Gasteiger charge is 2.31.